The number of fused-ring (bicyclic) bond motifs is 4. The molecular weight excluding hydrogens is 264 g/mol. The zero-order chi connectivity index (χ0) is 15.3. The minimum atomic E-state index is 0.151. The summed E-state index contributed by atoms with van der Waals surface area (Å²) in [5, 5.41) is 8.02. The number of hydrogen-bond donors (Lipinski definition) is 0. The highest BCUT2D eigenvalue weighted by Gasteiger charge is 2.17. The van der Waals surface area contributed by atoms with Gasteiger partial charge in [0.2, 0.25) is 0 Å². The second-order valence-corrected chi connectivity index (χ2v) is 7.14. The van der Waals surface area contributed by atoms with Crippen molar-refractivity contribution in [1.82, 2.24) is 0 Å². The van der Waals surface area contributed by atoms with Crippen molar-refractivity contribution < 1.29 is 0 Å². The largest absolute Gasteiger partial charge is 0.0616 e. The predicted octanol–water partition coefficient (Wildman–Crippen LogP) is 6.44. The summed E-state index contributed by atoms with van der Waals surface area (Å²) in [5.41, 5.74) is 1.57. The maximum atomic E-state index is 2.38. The molecule has 0 saturated carbocycles. The topological polar surface area (TPSA) is 0 Å². The van der Waals surface area contributed by atoms with Crippen LogP contribution in [-0.4, -0.2) is 0 Å². The first-order valence-corrected chi connectivity index (χ1v) is 7.89. The van der Waals surface area contributed by atoms with E-state index in [2.05, 4.69) is 87.5 Å². The summed E-state index contributed by atoms with van der Waals surface area (Å²) >= 11 is 0. The predicted molar refractivity (Wildman–Crippen MR) is 97.7 cm³/mol. The lowest BCUT2D eigenvalue weighted by atomic mass is 9.83. The molecule has 0 fully saturated rings. The lowest BCUT2D eigenvalue weighted by Gasteiger charge is -2.22. The van der Waals surface area contributed by atoms with E-state index >= 15 is 0 Å². The maximum Gasteiger partial charge on any atom is -0.00989 e. The molecule has 108 valence electrons. The van der Waals surface area contributed by atoms with Gasteiger partial charge >= 0.3 is 0 Å². The maximum absolute atomic E-state index is 2.38. The van der Waals surface area contributed by atoms with Crippen molar-refractivity contribution in [3.8, 4) is 0 Å². The van der Waals surface area contributed by atoms with E-state index in [-0.39, 0.29) is 5.41 Å². The second-order valence-electron chi connectivity index (χ2n) is 7.14. The SMILES string of the molecule is CC(C)(C)c1cccc2cc3ccc4ccccc4c3cc12. The monoisotopic (exact) mass is 284 g/mol. The third-order valence-electron chi connectivity index (χ3n) is 4.55. The molecule has 0 aliphatic heterocycles. The van der Waals surface area contributed by atoms with Gasteiger partial charge in [-0.1, -0.05) is 75.4 Å². The van der Waals surface area contributed by atoms with Crippen LogP contribution in [0.3, 0.4) is 0 Å². The molecule has 4 aromatic rings. The van der Waals surface area contributed by atoms with Crippen molar-refractivity contribution in [3.63, 3.8) is 0 Å². The Labute approximate surface area is 131 Å². The molecule has 4 aromatic carbocycles. The average molecular weight is 284 g/mol. The first kappa shape index (κ1) is 13.3. The van der Waals surface area contributed by atoms with Gasteiger partial charge in [0, 0.05) is 0 Å². The summed E-state index contributed by atoms with van der Waals surface area (Å²) in [6, 6.07) is 24.5. The van der Waals surface area contributed by atoms with Gasteiger partial charge in [0.15, 0.2) is 0 Å². The molecule has 22 heavy (non-hydrogen) atoms. The molecule has 0 N–H and O–H groups in total. The summed E-state index contributed by atoms with van der Waals surface area (Å²) in [6.07, 6.45) is 0. The molecule has 0 unspecified atom stereocenters. The Morgan fingerprint density at radius 2 is 1.23 bits per heavy atom. The minimum Gasteiger partial charge on any atom is -0.0616 e. The molecule has 0 heteroatoms. The Hall–Kier alpha value is -2.34. The van der Waals surface area contributed by atoms with E-state index in [1.54, 1.807) is 0 Å². The third-order valence-corrected chi connectivity index (χ3v) is 4.55. The van der Waals surface area contributed by atoms with Crippen LogP contribution >= 0.6 is 0 Å². The van der Waals surface area contributed by atoms with Gasteiger partial charge in [0.05, 0.1) is 0 Å². The molecule has 0 spiro atoms. The summed E-state index contributed by atoms with van der Waals surface area (Å²) in [7, 11) is 0. The lowest BCUT2D eigenvalue weighted by Crippen LogP contribution is -2.11. The van der Waals surface area contributed by atoms with Gasteiger partial charge < -0.3 is 0 Å². The van der Waals surface area contributed by atoms with E-state index in [9.17, 15) is 0 Å². The zero-order valence-corrected chi connectivity index (χ0v) is 13.4. The minimum absolute atomic E-state index is 0.151. The van der Waals surface area contributed by atoms with Crippen molar-refractivity contribution >= 4 is 32.3 Å². The van der Waals surface area contributed by atoms with Crippen LogP contribution in [0.1, 0.15) is 26.3 Å². The van der Waals surface area contributed by atoms with Crippen molar-refractivity contribution in [2.75, 3.05) is 0 Å². The highest BCUT2D eigenvalue weighted by Crippen LogP contribution is 2.34. The summed E-state index contributed by atoms with van der Waals surface area (Å²) < 4.78 is 0. The second kappa shape index (κ2) is 4.58. The Balaban J connectivity index is 2.20. The van der Waals surface area contributed by atoms with Crippen molar-refractivity contribution in [2.45, 2.75) is 26.2 Å². The van der Waals surface area contributed by atoms with E-state index < -0.39 is 0 Å². The normalized spacial score (nSPS) is 12.3. The van der Waals surface area contributed by atoms with Gasteiger partial charge in [-0.15, -0.1) is 0 Å². The van der Waals surface area contributed by atoms with Crippen molar-refractivity contribution in [1.29, 1.82) is 0 Å². The van der Waals surface area contributed by atoms with Gasteiger partial charge in [-0.05, 0) is 55.4 Å². The smallest absolute Gasteiger partial charge is 0.00989 e. The molecular formula is C22H20. The molecule has 0 nitrogen and oxygen atoms in total. The molecule has 0 amide bonds. The fourth-order valence-electron chi connectivity index (χ4n) is 3.44. The van der Waals surface area contributed by atoms with E-state index in [0.29, 0.717) is 0 Å². The van der Waals surface area contributed by atoms with Crippen LogP contribution in [-0.2, 0) is 5.41 Å². The van der Waals surface area contributed by atoms with Gasteiger partial charge in [-0.3, -0.25) is 0 Å². The van der Waals surface area contributed by atoms with Gasteiger partial charge in [-0.25, -0.2) is 0 Å². The van der Waals surface area contributed by atoms with E-state index in [1.165, 1.54) is 37.9 Å². The third kappa shape index (κ3) is 1.99. The van der Waals surface area contributed by atoms with Crippen LogP contribution < -0.4 is 0 Å². The molecule has 0 radical (unpaired) electrons. The summed E-state index contributed by atoms with van der Waals surface area (Å²) in [6.45, 7) is 6.86. The molecule has 0 aromatic heterocycles. The molecule has 0 atom stereocenters. The highest BCUT2D eigenvalue weighted by molar-refractivity contribution is 6.12. The number of benzene rings is 4. The standard InChI is InChI=1S/C22H20/c1-22(2,3)21-10-6-8-16-13-17-12-11-15-7-4-5-9-18(15)19(17)14-20(16)21/h4-14H,1-3H3. The van der Waals surface area contributed by atoms with E-state index in [4.69, 9.17) is 0 Å². The molecule has 0 aliphatic rings. The van der Waals surface area contributed by atoms with Gasteiger partial charge in [-0.2, -0.15) is 0 Å². The Morgan fingerprint density at radius 3 is 2.05 bits per heavy atom. The highest BCUT2D eigenvalue weighted by atomic mass is 14.2. The Morgan fingerprint density at radius 1 is 0.545 bits per heavy atom. The molecule has 4 rings (SSSR count). The van der Waals surface area contributed by atoms with Crippen LogP contribution in [0, 0.1) is 0 Å². The number of hydrogen-bond acceptors (Lipinski definition) is 0. The average Bonchev–Trinajstić information content (AvgIpc) is 2.51. The van der Waals surface area contributed by atoms with Crippen LogP contribution in [0.5, 0.6) is 0 Å². The van der Waals surface area contributed by atoms with Crippen LogP contribution in [0.15, 0.2) is 66.7 Å². The Bertz CT molecular complexity index is 1000. The van der Waals surface area contributed by atoms with Gasteiger partial charge in [0.25, 0.3) is 0 Å². The molecule has 0 aliphatic carbocycles. The van der Waals surface area contributed by atoms with Crippen LogP contribution in [0.25, 0.3) is 32.3 Å². The van der Waals surface area contributed by atoms with Gasteiger partial charge in [0.1, 0.15) is 0 Å². The molecule has 0 heterocycles. The lowest BCUT2D eigenvalue weighted by molar-refractivity contribution is 0.596. The van der Waals surface area contributed by atoms with Crippen molar-refractivity contribution in [3.05, 3.63) is 72.3 Å². The number of rotatable bonds is 0. The quantitative estimate of drug-likeness (QED) is 0.257. The Kier molecular flexibility index (Phi) is 2.77. The molecule has 0 saturated heterocycles. The summed E-state index contributed by atoms with van der Waals surface area (Å²) in [5.74, 6) is 0. The van der Waals surface area contributed by atoms with E-state index in [1.807, 2.05) is 0 Å². The van der Waals surface area contributed by atoms with Crippen LogP contribution in [0.2, 0.25) is 0 Å². The van der Waals surface area contributed by atoms with E-state index in [0.717, 1.165) is 0 Å². The van der Waals surface area contributed by atoms with Crippen molar-refractivity contribution in [2.24, 2.45) is 0 Å². The molecule has 0 bridgehead atoms. The first-order chi connectivity index (χ1) is 10.5. The first-order valence-electron chi connectivity index (χ1n) is 7.89. The zero-order valence-electron chi connectivity index (χ0n) is 13.4. The fourth-order valence-corrected chi connectivity index (χ4v) is 3.44. The van der Waals surface area contributed by atoms with Crippen LogP contribution in [0.4, 0.5) is 0 Å². The fraction of sp³-hybridized carbons (Fsp3) is 0.182. The summed E-state index contributed by atoms with van der Waals surface area (Å²) in [4.78, 5) is 0.